The van der Waals surface area contributed by atoms with E-state index in [0.29, 0.717) is 37.4 Å². The van der Waals surface area contributed by atoms with Crippen molar-refractivity contribution in [1.29, 1.82) is 5.26 Å². The average Bonchev–Trinajstić information content (AvgIpc) is 2.62. The highest BCUT2D eigenvalue weighted by Gasteiger charge is 2.23. The van der Waals surface area contributed by atoms with Crippen LogP contribution in [0.4, 0.5) is 17.2 Å². The zero-order chi connectivity index (χ0) is 16.2. The molecule has 7 nitrogen and oxygen atoms in total. The van der Waals surface area contributed by atoms with Gasteiger partial charge in [-0.15, -0.1) is 0 Å². The van der Waals surface area contributed by atoms with Crippen molar-refractivity contribution in [1.82, 2.24) is 4.98 Å². The van der Waals surface area contributed by atoms with Gasteiger partial charge in [0.2, 0.25) is 0 Å². The Morgan fingerprint density at radius 2 is 1.83 bits per heavy atom. The lowest BCUT2D eigenvalue weighted by atomic mass is 10.2. The summed E-state index contributed by atoms with van der Waals surface area (Å²) in [6.07, 6.45) is 1.63. The number of nitriles is 1. The summed E-state index contributed by atoms with van der Waals surface area (Å²) in [6, 6.07) is 12.3. The first kappa shape index (κ1) is 14.8. The van der Waals surface area contributed by atoms with Gasteiger partial charge in [0.25, 0.3) is 5.69 Å². The zero-order valence-corrected chi connectivity index (χ0v) is 12.4. The summed E-state index contributed by atoms with van der Waals surface area (Å²) in [4.78, 5) is 19.2. The number of aromatic nitrogens is 1. The van der Waals surface area contributed by atoms with E-state index in [1.54, 1.807) is 30.5 Å². The maximum absolute atomic E-state index is 11.1. The maximum atomic E-state index is 11.1. The predicted molar refractivity (Wildman–Crippen MR) is 86.5 cm³/mol. The van der Waals surface area contributed by atoms with Crippen molar-refractivity contribution >= 4 is 17.2 Å². The molecule has 1 aliphatic rings. The summed E-state index contributed by atoms with van der Waals surface area (Å²) in [7, 11) is 0. The Hall–Kier alpha value is -3.14. The van der Waals surface area contributed by atoms with Crippen molar-refractivity contribution < 1.29 is 4.92 Å². The van der Waals surface area contributed by atoms with Gasteiger partial charge in [-0.2, -0.15) is 5.26 Å². The van der Waals surface area contributed by atoms with Crippen LogP contribution in [0.1, 0.15) is 5.56 Å². The second-order valence-electron chi connectivity index (χ2n) is 5.23. The molecule has 2 aromatic rings. The number of nitrogens with zero attached hydrogens (tertiary/aromatic N) is 5. The molecule has 0 bridgehead atoms. The summed E-state index contributed by atoms with van der Waals surface area (Å²) in [5.74, 6) is 0.770. The van der Waals surface area contributed by atoms with E-state index in [1.165, 1.54) is 6.07 Å². The van der Waals surface area contributed by atoms with Crippen LogP contribution in [0.5, 0.6) is 0 Å². The number of piperazine rings is 1. The van der Waals surface area contributed by atoms with E-state index in [9.17, 15) is 10.1 Å². The minimum absolute atomic E-state index is 0.130. The third-order valence-electron chi connectivity index (χ3n) is 3.90. The van der Waals surface area contributed by atoms with Gasteiger partial charge in [-0.25, -0.2) is 4.98 Å². The third kappa shape index (κ3) is 3.06. The monoisotopic (exact) mass is 309 g/mol. The van der Waals surface area contributed by atoms with Crippen LogP contribution in [0.2, 0.25) is 0 Å². The Morgan fingerprint density at radius 3 is 2.52 bits per heavy atom. The molecule has 0 aliphatic carbocycles. The molecule has 2 heterocycles. The van der Waals surface area contributed by atoms with Gasteiger partial charge >= 0.3 is 0 Å². The van der Waals surface area contributed by atoms with Crippen LogP contribution in [0.25, 0.3) is 0 Å². The number of hydrogen-bond acceptors (Lipinski definition) is 6. The van der Waals surface area contributed by atoms with Gasteiger partial charge in [0.15, 0.2) is 0 Å². The highest BCUT2D eigenvalue weighted by atomic mass is 16.6. The van der Waals surface area contributed by atoms with Gasteiger partial charge in [-0.1, -0.05) is 12.1 Å². The molecule has 0 N–H and O–H groups in total. The summed E-state index contributed by atoms with van der Waals surface area (Å²) >= 11 is 0. The van der Waals surface area contributed by atoms with E-state index >= 15 is 0 Å². The number of rotatable bonds is 3. The lowest BCUT2D eigenvalue weighted by Gasteiger charge is -2.36. The third-order valence-corrected chi connectivity index (χ3v) is 3.90. The normalized spacial score (nSPS) is 14.4. The molecule has 116 valence electrons. The zero-order valence-electron chi connectivity index (χ0n) is 12.4. The summed E-state index contributed by atoms with van der Waals surface area (Å²) < 4.78 is 0. The molecule has 1 fully saturated rings. The number of anilines is 2. The van der Waals surface area contributed by atoms with E-state index in [0.717, 1.165) is 5.82 Å². The molecule has 1 aliphatic heterocycles. The molecule has 3 rings (SSSR count). The van der Waals surface area contributed by atoms with Crippen LogP contribution in [0.3, 0.4) is 0 Å². The van der Waals surface area contributed by atoms with Gasteiger partial charge < -0.3 is 9.80 Å². The second kappa shape index (κ2) is 6.32. The minimum Gasteiger partial charge on any atom is -0.362 e. The Morgan fingerprint density at radius 1 is 1.13 bits per heavy atom. The van der Waals surface area contributed by atoms with Gasteiger partial charge in [0.05, 0.1) is 16.6 Å². The first-order valence-corrected chi connectivity index (χ1v) is 7.28. The fraction of sp³-hybridized carbons (Fsp3) is 0.250. The number of hydrogen-bond donors (Lipinski definition) is 0. The second-order valence-corrected chi connectivity index (χ2v) is 5.23. The van der Waals surface area contributed by atoms with Gasteiger partial charge in [0.1, 0.15) is 11.5 Å². The molecule has 1 aromatic carbocycles. The van der Waals surface area contributed by atoms with Crippen LogP contribution in [-0.4, -0.2) is 36.1 Å². The topological polar surface area (TPSA) is 86.3 Å². The molecule has 7 heteroatoms. The summed E-state index contributed by atoms with van der Waals surface area (Å²) in [5, 5.41) is 20.1. The largest absolute Gasteiger partial charge is 0.362 e. The van der Waals surface area contributed by atoms with Crippen LogP contribution in [0, 0.1) is 21.4 Å². The average molecular weight is 309 g/mol. The predicted octanol–water partition coefficient (Wildman–Crippen LogP) is 2.19. The molecule has 0 saturated carbocycles. The molecule has 0 unspecified atom stereocenters. The fourth-order valence-electron chi connectivity index (χ4n) is 2.72. The molecule has 0 amide bonds. The Kier molecular flexibility index (Phi) is 4.06. The Labute approximate surface area is 133 Å². The van der Waals surface area contributed by atoms with Gasteiger partial charge in [0, 0.05) is 38.4 Å². The molecular formula is C16H15N5O2. The van der Waals surface area contributed by atoms with Crippen molar-refractivity contribution in [3.8, 4) is 6.07 Å². The summed E-state index contributed by atoms with van der Waals surface area (Å²) in [6.45, 7) is 2.74. The Bertz CT molecular complexity index is 763. The van der Waals surface area contributed by atoms with Crippen molar-refractivity contribution in [3.05, 3.63) is 58.3 Å². The molecule has 0 spiro atoms. The van der Waals surface area contributed by atoms with Gasteiger partial charge in [-0.3, -0.25) is 10.1 Å². The number of benzene rings is 1. The fourth-order valence-corrected chi connectivity index (χ4v) is 2.72. The first-order valence-electron chi connectivity index (χ1n) is 7.28. The smallest absolute Gasteiger partial charge is 0.292 e. The SMILES string of the molecule is N#Cc1ccnc(N2CCN(c3ccccc3[N+](=O)[O-])CC2)c1. The molecule has 1 saturated heterocycles. The molecular weight excluding hydrogens is 294 g/mol. The quantitative estimate of drug-likeness (QED) is 0.638. The van der Waals surface area contributed by atoms with Gasteiger partial charge in [-0.05, 0) is 18.2 Å². The minimum atomic E-state index is -0.348. The van der Waals surface area contributed by atoms with Crippen LogP contribution in [-0.2, 0) is 0 Å². The number of pyridine rings is 1. The van der Waals surface area contributed by atoms with Crippen LogP contribution >= 0.6 is 0 Å². The highest BCUT2D eigenvalue weighted by Crippen LogP contribution is 2.28. The van der Waals surface area contributed by atoms with E-state index in [2.05, 4.69) is 16.0 Å². The highest BCUT2D eigenvalue weighted by molar-refractivity contribution is 5.64. The lowest BCUT2D eigenvalue weighted by Crippen LogP contribution is -2.47. The van der Waals surface area contributed by atoms with Crippen LogP contribution in [0.15, 0.2) is 42.6 Å². The molecule has 0 radical (unpaired) electrons. The molecule has 0 atom stereocenters. The molecule has 1 aromatic heterocycles. The van der Waals surface area contributed by atoms with Crippen molar-refractivity contribution in [2.45, 2.75) is 0 Å². The van der Waals surface area contributed by atoms with Crippen molar-refractivity contribution in [2.24, 2.45) is 0 Å². The maximum Gasteiger partial charge on any atom is 0.292 e. The van der Waals surface area contributed by atoms with Crippen LogP contribution < -0.4 is 9.80 Å². The standard InChI is InChI=1S/C16H15N5O2/c17-12-13-5-6-18-16(11-13)20-9-7-19(8-10-20)14-3-1-2-4-15(14)21(22)23/h1-6,11H,7-10H2. The van der Waals surface area contributed by atoms with Crippen molar-refractivity contribution in [2.75, 3.05) is 36.0 Å². The number of nitro benzene ring substituents is 1. The van der Waals surface area contributed by atoms with E-state index in [4.69, 9.17) is 5.26 Å². The van der Waals surface area contributed by atoms with Crippen molar-refractivity contribution in [3.63, 3.8) is 0 Å². The summed E-state index contributed by atoms with van der Waals surface area (Å²) in [5.41, 5.74) is 1.36. The molecule has 23 heavy (non-hydrogen) atoms. The van der Waals surface area contributed by atoms with E-state index in [1.807, 2.05) is 11.0 Å². The Balaban J connectivity index is 1.74. The first-order chi connectivity index (χ1) is 11.2. The lowest BCUT2D eigenvalue weighted by molar-refractivity contribution is -0.384. The van der Waals surface area contributed by atoms with E-state index < -0.39 is 0 Å². The number of para-hydroxylation sites is 2. The number of nitro groups is 1. The van der Waals surface area contributed by atoms with E-state index in [-0.39, 0.29) is 10.6 Å².